The van der Waals surface area contributed by atoms with Crippen LogP contribution >= 0.6 is 23.2 Å². The van der Waals surface area contributed by atoms with E-state index in [1.165, 1.54) is 11.6 Å². The molecule has 0 spiro atoms. The van der Waals surface area contributed by atoms with Crippen molar-refractivity contribution in [1.29, 1.82) is 0 Å². The van der Waals surface area contributed by atoms with Crippen LogP contribution in [0.3, 0.4) is 0 Å². The highest BCUT2D eigenvalue weighted by Gasteiger charge is 2.20. The van der Waals surface area contributed by atoms with Crippen molar-refractivity contribution in [1.82, 2.24) is 18.7 Å². The fourth-order valence-electron chi connectivity index (χ4n) is 2.79. The van der Waals surface area contributed by atoms with Crippen molar-refractivity contribution < 1.29 is 5.11 Å². The zero-order valence-electron chi connectivity index (χ0n) is 15.0. The van der Waals surface area contributed by atoms with Gasteiger partial charge in [-0.25, -0.2) is 4.79 Å². The third-order valence-corrected chi connectivity index (χ3v) is 4.83. The summed E-state index contributed by atoms with van der Waals surface area (Å²) in [6.45, 7) is 2.10. The largest absolute Gasteiger partial charge is 0.392 e. The summed E-state index contributed by atoms with van der Waals surface area (Å²) in [4.78, 5) is 29.4. The quantitative estimate of drug-likeness (QED) is 0.664. The predicted octanol–water partition coefficient (Wildman–Crippen LogP) is 1.58. The van der Waals surface area contributed by atoms with Gasteiger partial charge in [0.15, 0.2) is 11.2 Å². The second-order valence-corrected chi connectivity index (χ2v) is 7.21. The number of aliphatic hydroxyl groups is 1. The lowest BCUT2D eigenvalue weighted by molar-refractivity contribution is 0.208. The third-order valence-electron chi connectivity index (χ3n) is 4.25. The van der Waals surface area contributed by atoms with Gasteiger partial charge in [0.1, 0.15) is 0 Å². The van der Waals surface area contributed by atoms with Crippen molar-refractivity contribution in [3.8, 4) is 0 Å². The lowest BCUT2D eigenvalue weighted by Gasteiger charge is -2.13. The summed E-state index contributed by atoms with van der Waals surface area (Å²) in [6, 6.07) is 5.09. The average molecular weight is 412 g/mol. The van der Waals surface area contributed by atoms with E-state index >= 15 is 0 Å². The first kappa shape index (κ1) is 19.5. The Morgan fingerprint density at radius 2 is 1.93 bits per heavy atom. The molecule has 0 aliphatic carbocycles. The van der Waals surface area contributed by atoms with Crippen LogP contribution in [0.25, 0.3) is 11.2 Å². The number of halogens is 2. The zero-order chi connectivity index (χ0) is 19.9. The van der Waals surface area contributed by atoms with Crippen LogP contribution in [0.1, 0.15) is 12.5 Å². The SMILES string of the molecule is C[C@H](O)CNc1nc2c(c(=O)n(C)c(=O)n2C)n1Cc1ccc(Cl)cc1Cl. The van der Waals surface area contributed by atoms with E-state index in [4.69, 9.17) is 23.2 Å². The van der Waals surface area contributed by atoms with Gasteiger partial charge in [-0.05, 0) is 24.6 Å². The lowest BCUT2D eigenvalue weighted by atomic mass is 10.2. The van der Waals surface area contributed by atoms with E-state index in [1.54, 1.807) is 36.7 Å². The van der Waals surface area contributed by atoms with Gasteiger partial charge in [-0.3, -0.25) is 18.5 Å². The molecule has 0 aliphatic heterocycles. The molecular formula is C17H19Cl2N5O3. The Morgan fingerprint density at radius 1 is 1.22 bits per heavy atom. The molecule has 10 heteroatoms. The molecule has 1 atom stereocenters. The molecule has 2 aromatic heterocycles. The van der Waals surface area contributed by atoms with Crippen molar-refractivity contribution in [2.24, 2.45) is 14.1 Å². The number of anilines is 1. The molecule has 27 heavy (non-hydrogen) atoms. The van der Waals surface area contributed by atoms with Gasteiger partial charge in [-0.1, -0.05) is 29.3 Å². The van der Waals surface area contributed by atoms with E-state index in [0.29, 0.717) is 16.0 Å². The van der Waals surface area contributed by atoms with Crippen LogP contribution in [-0.2, 0) is 20.6 Å². The summed E-state index contributed by atoms with van der Waals surface area (Å²) in [6.07, 6.45) is -0.621. The smallest absolute Gasteiger partial charge is 0.332 e. The number of rotatable bonds is 5. The van der Waals surface area contributed by atoms with Crippen molar-refractivity contribution in [3.05, 3.63) is 54.6 Å². The molecule has 144 valence electrons. The summed E-state index contributed by atoms with van der Waals surface area (Å²) in [5.41, 5.74) is 0.316. The molecule has 0 bridgehead atoms. The second kappa shape index (κ2) is 7.38. The fraction of sp³-hybridized carbons (Fsp3) is 0.353. The number of hydrogen-bond donors (Lipinski definition) is 2. The number of benzene rings is 1. The van der Waals surface area contributed by atoms with Gasteiger partial charge in [-0.15, -0.1) is 0 Å². The first-order valence-electron chi connectivity index (χ1n) is 8.22. The maximum absolute atomic E-state index is 12.8. The lowest BCUT2D eigenvalue weighted by Crippen LogP contribution is -2.37. The summed E-state index contributed by atoms with van der Waals surface area (Å²) in [5.74, 6) is 0.357. The van der Waals surface area contributed by atoms with Crippen LogP contribution < -0.4 is 16.6 Å². The molecule has 8 nitrogen and oxygen atoms in total. The molecule has 0 aliphatic rings. The summed E-state index contributed by atoms with van der Waals surface area (Å²) >= 11 is 12.2. The number of aromatic nitrogens is 4. The molecule has 0 fully saturated rings. The first-order chi connectivity index (χ1) is 12.7. The Kier molecular flexibility index (Phi) is 5.32. The van der Waals surface area contributed by atoms with Gasteiger partial charge in [0.05, 0.1) is 12.6 Å². The van der Waals surface area contributed by atoms with Crippen LogP contribution in [-0.4, -0.2) is 36.4 Å². The number of hydrogen-bond acceptors (Lipinski definition) is 5. The highest BCUT2D eigenvalue weighted by molar-refractivity contribution is 6.35. The molecule has 2 heterocycles. The number of fused-ring (bicyclic) bond motifs is 1. The molecule has 3 rings (SSSR count). The number of aryl methyl sites for hydroxylation is 1. The van der Waals surface area contributed by atoms with Gasteiger partial charge >= 0.3 is 5.69 Å². The molecule has 1 aromatic carbocycles. The summed E-state index contributed by atoms with van der Waals surface area (Å²) < 4.78 is 3.99. The van der Waals surface area contributed by atoms with Crippen LogP contribution in [0.2, 0.25) is 10.0 Å². The molecular weight excluding hydrogens is 393 g/mol. The zero-order valence-corrected chi connectivity index (χ0v) is 16.5. The van der Waals surface area contributed by atoms with E-state index in [-0.39, 0.29) is 24.3 Å². The molecule has 2 N–H and O–H groups in total. The highest BCUT2D eigenvalue weighted by Crippen LogP contribution is 2.24. The minimum absolute atomic E-state index is 0.228. The van der Waals surface area contributed by atoms with E-state index in [1.807, 2.05) is 0 Å². The van der Waals surface area contributed by atoms with Gasteiger partial charge in [0.2, 0.25) is 5.95 Å². The minimum Gasteiger partial charge on any atom is -0.392 e. The molecule has 0 saturated heterocycles. The Hall–Kier alpha value is -2.29. The minimum atomic E-state index is -0.621. The van der Waals surface area contributed by atoms with Crippen molar-refractivity contribution >= 4 is 40.3 Å². The summed E-state index contributed by atoms with van der Waals surface area (Å²) in [7, 11) is 2.97. The van der Waals surface area contributed by atoms with Crippen molar-refractivity contribution in [2.75, 3.05) is 11.9 Å². The van der Waals surface area contributed by atoms with E-state index < -0.39 is 17.4 Å². The highest BCUT2D eigenvalue weighted by atomic mass is 35.5. The number of aliphatic hydroxyl groups excluding tert-OH is 1. The normalized spacial score (nSPS) is 12.5. The fourth-order valence-corrected chi connectivity index (χ4v) is 3.26. The predicted molar refractivity (Wildman–Crippen MR) is 106 cm³/mol. The molecule has 0 unspecified atom stereocenters. The van der Waals surface area contributed by atoms with Crippen LogP contribution in [0, 0.1) is 0 Å². The molecule has 0 amide bonds. The van der Waals surface area contributed by atoms with Crippen molar-refractivity contribution in [3.63, 3.8) is 0 Å². The average Bonchev–Trinajstić information content (AvgIpc) is 2.97. The van der Waals surface area contributed by atoms with E-state index in [9.17, 15) is 14.7 Å². The van der Waals surface area contributed by atoms with Gasteiger partial charge in [0.25, 0.3) is 5.56 Å². The molecule has 0 saturated carbocycles. The number of nitrogens with one attached hydrogen (secondary N) is 1. The third kappa shape index (κ3) is 3.60. The van der Waals surface area contributed by atoms with Gasteiger partial charge < -0.3 is 10.4 Å². The maximum Gasteiger partial charge on any atom is 0.332 e. The second-order valence-electron chi connectivity index (χ2n) is 6.37. The topological polar surface area (TPSA) is 94.1 Å². The number of imidazole rings is 1. The monoisotopic (exact) mass is 411 g/mol. The summed E-state index contributed by atoms with van der Waals surface area (Å²) in [5, 5.41) is 13.6. The van der Waals surface area contributed by atoms with Gasteiger partial charge in [-0.2, -0.15) is 4.98 Å². The molecule has 3 aromatic rings. The Labute approximate surface area is 164 Å². The standard InChI is InChI=1S/C17H19Cl2N5O3/c1-9(25)7-20-16-21-14-13(15(26)23(3)17(27)22(14)2)24(16)8-10-4-5-11(18)6-12(10)19/h4-6,9,25H,7-8H2,1-3H3,(H,20,21)/t9-/m0/s1. The maximum atomic E-state index is 12.8. The number of nitrogens with zero attached hydrogens (tertiary/aromatic N) is 4. The van der Waals surface area contributed by atoms with Crippen LogP contribution in [0.15, 0.2) is 27.8 Å². The molecule has 0 radical (unpaired) electrons. The van der Waals surface area contributed by atoms with Crippen LogP contribution in [0.4, 0.5) is 5.95 Å². The van der Waals surface area contributed by atoms with Crippen LogP contribution in [0.5, 0.6) is 0 Å². The van der Waals surface area contributed by atoms with Crippen molar-refractivity contribution in [2.45, 2.75) is 19.6 Å². The van der Waals surface area contributed by atoms with E-state index in [0.717, 1.165) is 10.1 Å². The Balaban J connectivity index is 2.25. The van der Waals surface area contributed by atoms with E-state index in [2.05, 4.69) is 10.3 Å². The first-order valence-corrected chi connectivity index (χ1v) is 8.98. The Morgan fingerprint density at radius 3 is 2.56 bits per heavy atom. The van der Waals surface area contributed by atoms with Gasteiger partial charge in [0, 0.05) is 30.7 Å². The Bertz CT molecular complexity index is 1130.